The third-order valence-corrected chi connectivity index (χ3v) is 4.88. The summed E-state index contributed by atoms with van der Waals surface area (Å²) in [5.74, 6) is -0.390. The van der Waals surface area contributed by atoms with E-state index in [4.69, 9.17) is 0 Å². The van der Waals surface area contributed by atoms with E-state index >= 15 is 0 Å². The largest absolute Gasteiger partial charge is 0.508 e. The fourth-order valence-corrected chi connectivity index (χ4v) is 3.28. The lowest BCUT2D eigenvalue weighted by Gasteiger charge is -2.14. The Balaban J connectivity index is 1.90. The molecule has 30 heavy (non-hydrogen) atoms. The number of nitrogens with one attached hydrogen (secondary N) is 1. The molecule has 0 atom stereocenters. The highest BCUT2D eigenvalue weighted by atomic mass is 16.3. The Kier molecular flexibility index (Phi) is 5.93. The summed E-state index contributed by atoms with van der Waals surface area (Å²) < 4.78 is 2.10. The number of aryl methyl sites for hydroxylation is 1. The van der Waals surface area contributed by atoms with Crippen LogP contribution >= 0.6 is 0 Å². The predicted octanol–water partition coefficient (Wildman–Crippen LogP) is 4.41. The maximum Gasteiger partial charge on any atom is 0.266 e. The van der Waals surface area contributed by atoms with E-state index in [9.17, 15) is 15.2 Å². The van der Waals surface area contributed by atoms with Crippen LogP contribution in [-0.4, -0.2) is 29.7 Å². The minimum absolute atomic E-state index is 0.00582. The fraction of sp³-hybridized carbons (Fsp3) is 0.167. The normalized spacial score (nSPS) is 11.1. The predicted molar refractivity (Wildman–Crippen MR) is 120 cm³/mol. The zero-order valence-electron chi connectivity index (χ0n) is 17.5. The van der Waals surface area contributed by atoms with Gasteiger partial charge in [-0.2, -0.15) is 5.26 Å². The van der Waals surface area contributed by atoms with Gasteiger partial charge < -0.3 is 19.9 Å². The van der Waals surface area contributed by atoms with E-state index in [0.717, 1.165) is 28.3 Å². The van der Waals surface area contributed by atoms with E-state index in [1.165, 1.54) is 12.1 Å². The summed E-state index contributed by atoms with van der Waals surface area (Å²) in [6.07, 6.45) is 1.60. The van der Waals surface area contributed by atoms with Crippen LogP contribution in [0.25, 0.3) is 11.8 Å². The van der Waals surface area contributed by atoms with Crippen LogP contribution in [0.5, 0.6) is 5.75 Å². The minimum Gasteiger partial charge on any atom is -0.508 e. The second-order valence-electron chi connectivity index (χ2n) is 7.24. The van der Waals surface area contributed by atoms with Gasteiger partial charge in [-0.1, -0.05) is 0 Å². The van der Waals surface area contributed by atoms with Crippen molar-refractivity contribution in [3.63, 3.8) is 0 Å². The van der Waals surface area contributed by atoms with Crippen LogP contribution in [0.15, 0.2) is 60.2 Å². The number of phenolic OH excluding ortho intramolecular Hbond substituents is 1. The highest BCUT2D eigenvalue weighted by Crippen LogP contribution is 2.25. The third-order valence-electron chi connectivity index (χ3n) is 4.88. The van der Waals surface area contributed by atoms with Crippen LogP contribution in [0.4, 0.5) is 11.4 Å². The van der Waals surface area contributed by atoms with Gasteiger partial charge in [0.1, 0.15) is 17.4 Å². The molecular formula is C24H24N4O2. The van der Waals surface area contributed by atoms with Gasteiger partial charge in [-0.05, 0) is 80.1 Å². The molecule has 2 aromatic carbocycles. The molecule has 0 saturated carbocycles. The maximum absolute atomic E-state index is 12.5. The molecular weight excluding hydrogens is 376 g/mol. The molecule has 6 heteroatoms. The fourth-order valence-electron chi connectivity index (χ4n) is 3.28. The Morgan fingerprint density at radius 3 is 2.30 bits per heavy atom. The summed E-state index contributed by atoms with van der Waals surface area (Å²) in [5, 5.41) is 21.5. The van der Waals surface area contributed by atoms with Gasteiger partial charge in [-0.15, -0.1) is 0 Å². The number of benzene rings is 2. The first kappa shape index (κ1) is 20.7. The number of anilines is 2. The lowest BCUT2D eigenvalue weighted by atomic mass is 10.1. The van der Waals surface area contributed by atoms with Gasteiger partial charge in [-0.25, -0.2) is 0 Å². The van der Waals surface area contributed by atoms with Gasteiger partial charge in [0.25, 0.3) is 5.91 Å². The number of aromatic nitrogens is 1. The standard InChI is InChI=1S/C24H24N4O2/c1-16-13-18(17(2)28(16)22-9-7-21(8-10-22)27(3)4)14-19(15-25)24(30)26-20-5-11-23(29)12-6-20/h5-14,29H,1-4H3,(H,26,30). The highest BCUT2D eigenvalue weighted by Gasteiger charge is 2.14. The second kappa shape index (κ2) is 8.58. The van der Waals surface area contributed by atoms with Crippen molar-refractivity contribution in [3.8, 4) is 17.5 Å². The summed E-state index contributed by atoms with van der Waals surface area (Å²) >= 11 is 0. The third kappa shape index (κ3) is 4.36. The SMILES string of the molecule is Cc1cc(C=C(C#N)C(=O)Nc2ccc(O)cc2)c(C)n1-c1ccc(N(C)C)cc1. The lowest BCUT2D eigenvalue weighted by molar-refractivity contribution is -0.112. The summed E-state index contributed by atoms with van der Waals surface area (Å²) in [7, 11) is 3.99. The van der Waals surface area contributed by atoms with Gasteiger partial charge in [0.05, 0.1) is 0 Å². The number of nitrogens with zero attached hydrogens (tertiary/aromatic N) is 3. The number of carbonyl (C=O) groups excluding carboxylic acids is 1. The minimum atomic E-state index is -0.497. The van der Waals surface area contributed by atoms with Crippen molar-refractivity contribution in [1.82, 2.24) is 4.57 Å². The molecule has 0 fully saturated rings. The number of rotatable bonds is 5. The van der Waals surface area contributed by atoms with Crippen LogP contribution in [0.1, 0.15) is 17.0 Å². The van der Waals surface area contributed by atoms with Gasteiger partial charge in [0.15, 0.2) is 0 Å². The smallest absolute Gasteiger partial charge is 0.266 e. The molecule has 3 rings (SSSR count). The van der Waals surface area contributed by atoms with Gasteiger partial charge >= 0.3 is 0 Å². The average molecular weight is 400 g/mol. The molecule has 0 aliphatic heterocycles. The van der Waals surface area contributed by atoms with Gasteiger partial charge in [0.2, 0.25) is 0 Å². The summed E-state index contributed by atoms with van der Waals surface area (Å²) in [4.78, 5) is 14.6. The van der Waals surface area contributed by atoms with E-state index in [-0.39, 0.29) is 11.3 Å². The maximum atomic E-state index is 12.5. The Hall–Kier alpha value is -3.98. The van der Waals surface area contributed by atoms with E-state index < -0.39 is 5.91 Å². The van der Waals surface area contributed by atoms with E-state index in [2.05, 4.69) is 22.0 Å². The van der Waals surface area contributed by atoms with Crippen molar-refractivity contribution in [2.45, 2.75) is 13.8 Å². The number of carbonyl (C=O) groups is 1. The highest BCUT2D eigenvalue weighted by molar-refractivity contribution is 6.09. The first-order valence-electron chi connectivity index (χ1n) is 9.49. The number of phenols is 1. The quantitative estimate of drug-likeness (QED) is 0.378. The van der Waals surface area contributed by atoms with E-state index in [1.807, 2.05) is 57.1 Å². The molecule has 1 aromatic heterocycles. The van der Waals surface area contributed by atoms with Crippen molar-refractivity contribution in [1.29, 1.82) is 5.26 Å². The van der Waals surface area contributed by atoms with Crippen molar-refractivity contribution < 1.29 is 9.90 Å². The van der Waals surface area contributed by atoms with E-state index in [0.29, 0.717) is 5.69 Å². The first-order valence-corrected chi connectivity index (χ1v) is 9.49. The molecule has 1 heterocycles. The van der Waals surface area contributed by atoms with Crippen molar-refractivity contribution in [3.05, 3.63) is 77.1 Å². The molecule has 0 unspecified atom stereocenters. The van der Waals surface area contributed by atoms with Crippen LogP contribution in [0.2, 0.25) is 0 Å². The summed E-state index contributed by atoms with van der Waals surface area (Å²) in [6, 6.07) is 18.2. The molecule has 3 aromatic rings. The van der Waals surface area contributed by atoms with Crippen LogP contribution in [0.3, 0.4) is 0 Å². The zero-order valence-corrected chi connectivity index (χ0v) is 17.5. The van der Waals surface area contributed by atoms with Crippen molar-refractivity contribution in [2.75, 3.05) is 24.3 Å². The second-order valence-corrected chi connectivity index (χ2v) is 7.24. The molecule has 0 aliphatic rings. The molecule has 0 spiro atoms. The molecule has 0 aliphatic carbocycles. The summed E-state index contributed by atoms with van der Waals surface area (Å²) in [6.45, 7) is 3.96. The number of hydrogen-bond donors (Lipinski definition) is 2. The molecule has 1 amide bonds. The molecule has 0 saturated heterocycles. The van der Waals surface area contributed by atoms with E-state index in [1.54, 1.807) is 18.2 Å². The Morgan fingerprint density at radius 1 is 1.10 bits per heavy atom. The number of amides is 1. The molecule has 0 radical (unpaired) electrons. The summed E-state index contributed by atoms with van der Waals surface area (Å²) in [5.41, 5.74) is 5.39. The molecule has 6 nitrogen and oxygen atoms in total. The molecule has 2 N–H and O–H groups in total. The monoisotopic (exact) mass is 400 g/mol. The number of aromatic hydroxyl groups is 1. The van der Waals surface area contributed by atoms with Crippen LogP contribution in [-0.2, 0) is 4.79 Å². The molecule has 152 valence electrons. The average Bonchev–Trinajstić information content (AvgIpc) is 3.00. The Bertz CT molecular complexity index is 1130. The number of hydrogen-bond acceptors (Lipinski definition) is 4. The van der Waals surface area contributed by atoms with Crippen LogP contribution in [0, 0.1) is 25.2 Å². The Labute approximate surface area is 176 Å². The van der Waals surface area contributed by atoms with Crippen molar-refractivity contribution >= 4 is 23.4 Å². The van der Waals surface area contributed by atoms with Gasteiger partial charge in [-0.3, -0.25) is 4.79 Å². The first-order chi connectivity index (χ1) is 14.3. The lowest BCUT2D eigenvalue weighted by Crippen LogP contribution is -2.13. The molecule has 0 bridgehead atoms. The Morgan fingerprint density at radius 2 is 1.73 bits per heavy atom. The van der Waals surface area contributed by atoms with Gasteiger partial charge in [0, 0.05) is 42.5 Å². The number of nitriles is 1. The topological polar surface area (TPSA) is 81.3 Å². The zero-order chi connectivity index (χ0) is 21.8. The van der Waals surface area contributed by atoms with Crippen LogP contribution < -0.4 is 10.2 Å². The van der Waals surface area contributed by atoms with Crippen molar-refractivity contribution in [2.24, 2.45) is 0 Å².